The van der Waals surface area contributed by atoms with E-state index in [1.165, 1.54) is 19.3 Å². The Hall–Kier alpha value is -1.58. The van der Waals surface area contributed by atoms with Gasteiger partial charge in [0.1, 0.15) is 5.82 Å². The lowest BCUT2D eigenvalue weighted by atomic mass is 9.87. The van der Waals surface area contributed by atoms with Gasteiger partial charge in [-0.25, -0.2) is 9.50 Å². The lowest BCUT2D eigenvalue weighted by Crippen LogP contribution is -2.31. The van der Waals surface area contributed by atoms with Crippen molar-refractivity contribution >= 4 is 11.5 Å². The van der Waals surface area contributed by atoms with Crippen molar-refractivity contribution < 1.29 is 0 Å². The van der Waals surface area contributed by atoms with Crippen LogP contribution in [0.15, 0.2) is 24.5 Å². The topological polar surface area (TPSA) is 42.2 Å². The number of aromatic nitrogens is 3. The molecule has 0 saturated heterocycles. The van der Waals surface area contributed by atoms with Crippen molar-refractivity contribution in [2.24, 2.45) is 5.41 Å². The number of nitrogens with one attached hydrogen (secondary N) is 1. The summed E-state index contributed by atoms with van der Waals surface area (Å²) in [4.78, 5) is 4.55. The Morgan fingerprint density at radius 3 is 3.06 bits per heavy atom. The molecule has 1 atom stereocenters. The van der Waals surface area contributed by atoms with E-state index in [-0.39, 0.29) is 0 Å². The van der Waals surface area contributed by atoms with Crippen LogP contribution < -0.4 is 5.32 Å². The van der Waals surface area contributed by atoms with Crippen molar-refractivity contribution in [2.45, 2.75) is 39.2 Å². The van der Waals surface area contributed by atoms with Gasteiger partial charge >= 0.3 is 0 Å². The highest BCUT2D eigenvalue weighted by Crippen LogP contribution is 2.38. The van der Waals surface area contributed by atoms with E-state index in [1.807, 2.05) is 18.3 Å². The van der Waals surface area contributed by atoms with Gasteiger partial charge in [-0.05, 0) is 24.3 Å². The molecule has 4 heteroatoms. The number of nitrogens with zero attached hydrogens (tertiary/aromatic N) is 3. The van der Waals surface area contributed by atoms with Gasteiger partial charge in [-0.15, -0.1) is 0 Å². The standard InChI is InChI=1S/C13H18N4/c1-13(2)7-3-4-10(13)15-11-6-9-17-12(16-11)5-8-14-17/h5-6,8-10H,3-4,7H2,1-2H3,(H,15,16). The Morgan fingerprint density at radius 2 is 2.29 bits per heavy atom. The summed E-state index contributed by atoms with van der Waals surface area (Å²) in [6.45, 7) is 4.66. The molecule has 1 saturated carbocycles. The Bertz CT molecular complexity index is 529. The van der Waals surface area contributed by atoms with Crippen LogP contribution in [0.3, 0.4) is 0 Å². The monoisotopic (exact) mass is 230 g/mol. The first-order valence-corrected chi connectivity index (χ1v) is 6.22. The van der Waals surface area contributed by atoms with E-state index < -0.39 is 0 Å². The van der Waals surface area contributed by atoms with E-state index in [1.54, 1.807) is 10.7 Å². The molecule has 0 aromatic carbocycles. The molecule has 1 aliphatic rings. The van der Waals surface area contributed by atoms with E-state index >= 15 is 0 Å². The minimum absolute atomic E-state index is 0.369. The van der Waals surface area contributed by atoms with Gasteiger partial charge in [0.25, 0.3) is 0 Å². The van der Waals surface area contributed by atoms with E-state index in [0.29, 0.717) is 11.5 Å². The maximum absolute atomic E-state index is 4.55. The summed E-state index contributed by atoms with van der Waals surface area (Å²) in [5.74, 6) is 0.956. The fourth-order valence-corrected chi connectivity index (χ4v) is 2.67. The molecule has 2 heterocycles. The van der Waals surface area contributed by atoms with Crippen molar-refractivity contribution in [2.75, 3.05) is 5.32 Å². The number of hydrogen-bond acceptors (Lipinski definition) is 3. The molecule has 90 valence electrons. The van der Waals surface area contributed by atoms with Crippen LogP contribution in [-0.4, -0.2) is 20.6 Å². The maximum Gasteiger partial charge on any atom is 0.157 e. The molecule has 0 spiro atoms. The summed E-state index contributed by atoms with van der Waals surface area (Å²) in [5, 5.41) is 7.71. The van der Waals surface area contributed by atoms with E-state index in [0.717, 1.165) is 11.5 Å². The van der Waals surface area contributed by atoms with Crippen LogP contribution >= 0.6 is 0 Å². The Kier molecular flexibility index (Phi) is 2.31. The molecule has 17 heavy (non-hydrogen) atoms. The van der Waals surface area contributed by atoms with Crippen molar-refractivity contribution in [3.63, 3.8) is 0 Å². The SMILES string of the molecule is CC1(C)CCCC1Nc1ccn2nccc2n1. The summed E-state index contributed by atoms with van der Waals surface area (Å²) >= 11 is 0. The van der Waals surface area contributed by atoms with Gasteiger partial charge in [0.15, 0.2) is 5.65 Å². The van der Waals surface area contributed by atoms with Gasteiger partial charge in [-0.3, -0.25) is 0 Å². The molecule has 3 rings (SSSR count). The summed E-state index contributed by atoms with van der Waals surface area (Å²) in [6, 6.07) is 4.44. The van der Waals surface area contributed by atoms with Crippen LogP contribution in [0.5, 0.6) is 0 Å². The van der Waals surface area contributed by atoms with E-state index in [4.69, 9.17) is 0 Å². The zero-order chi connectivity index (χ0) is 11.9. The van der Waals surface area contributed by atoms with Crippen LogP contribution in [0.4, 0.5) is 5.82 Å². The van der Waals surface area contributed by atoms with Gasteiger partial charge < -0.3 is 5.32 Å². The maximum atomic E-state index is 4.55. The van der Waals surface area contributed by atoms with Gasteiger partial charge in [-0.1, -0.05) is 20.3 Å². The molecule has 0 aliphatic heterocycles. The predicted octanol–water partition coefficient (Wildman–Crippen LogP) is 2.72. The van der Waals surface area contributed by atoms with Gasteiger partial charge in [0.2, 0.25) is 0 Å². The molecule has 2 aromatic heterocycles. The number of rotatable bonds is 2. The van der Waals surface area contributed by atoms with Crippen LogP contribution in [0.25, 0.3) is 5.65 Å². The molecule has 2 aromatic rings. The molecule has 4 nitrogen and oxygen atoms in total. The second kappa shape index (κ2) is 3.72. The van der Waals surface area contributed by atoms with Crippen molar-refractivity contribution in [1.29, 1.82) is 0 Å². The third-order valence-electron chi connectivity index (χ3n) is 3.84. The second-order valence-electron chi connectivity index (χ2n) is 5.52. The smallest absolute Gasteiger partial charge is 0.157 e. The normalized spacial score (nSPS) is 23.1. The molecule has 0 radical (unpaired) electrons. The van der Waals surface area contributed by atoms with Gasteiger partial charge in [-0.2, -0.15) is 5.10 Å². The van der Waals surface area contributed by atoms with Crippen molar-refractivity contribution in [3.8, 4) is 0 Å². The minimum atomic E-state index is 0.369. The third-order valence-corrected chi connectivity index (χ3v) is 3.84. The fourth-order valence-electron chi connectivity index (χ4n) is 2.67. The van der Waals surface area contributed by atoms with Gasteiger partial charge in [0.05, 0.1) is 6.20 Å². The summed E-state index contributed by atoms with van der Waals surface area (Å²) < 4.78 is 1.78. The average Bonchev–Trinajstić information content (AvgIpc) is 2.85. The predicted molar refractivity (Wildman–Crippen MR) is 68.0 cm³/mol. The lowest BCUT2D eigenvalue weighted by molar-refractivity contribution is 0.349. The van der Waals surface area contributed by atoms with Crippen LogP contribution in [0.1, 0.15) is 33.1 Å². The average molecular weight is 230 g/mol. The van der Waals surface area contributed by atoms with Crippen LogP contribution in [-0.2, 0) is 0 Å². The van der Waals surface area contributed by atoms with E-state index in [2.05, 4.69) is 29.2 Å². The highest BCUT2D eigenvalue weighted by molar-refractivity contribution is 5.46. The molecule has 1 unspecified atom stereocenters. The van der Waals surface area contributed by atoms with Gasteiger partial charge in [0, 0.05) is 18.3 Å². The summed E-state index contributed by atoms with van der Waals surface area (Å²) in [6.07, 6.45) is 7.55. The first-order valence-electron chi connectivity index (χ1n) is 6.22. The van der Waals surface area contributed by atoms with E-state index in [9.17, 15) is 0 Å². The lowest BCUT2D eigenvalue weighted by Gasteiger charge is -2.28. The third kappa shape index (κ3) is 1.88. The first-order chi connectivity index (χ1) is 8.15. The molecule has 1 aliphatic carbocycles. The number of anilines is 1. The fraction of sp³-hybridized carbons (Fsp3) is 0.538. The second-order valence-corrected chi connectivity index (χ2v) is 5.52. The minimum Gasteiger partial charge on any atom is -0.367 e. The summed E-state index contributed by atoms with van der Waals surface area (Å²) in [5.41, 5.74) is 1.26. The molecular formula is C13H18N4. The van der Waals surface area contributed by atoms with Crippen LogP contribution in [0, 0.1) is 5.41 Å². The summed E-state index contributed by atoms with van der Waals surface area (Å²) in [7, 11) is 0. The molecule has 0 bridgehead atoms. The Morgan fingerprint density at radius 1 is 1.41 bits per heavy atom. The highest BCUT2D eigenvalue weighted by atomic mass is 15.2. The molecule has 0 amide bonds. The number of hydrogen-bond donors (Lipinski definition) is 1. The zero-order valence-corrected chi connectivity index (χ0v) is 10.3. The van der Waals surface area contributed by atoms with Crippen molar-refractivity contribution in [1.82, 2.24) is 14.6 Å². The Labute approximate surface area is 101 Å². The zero-order valence-electron chi connectivity index (χ0n) is 10.3. The molecular weight excluding hydrogens is 212 g/mol. The largest absolute Gasteiger partial charge is 0.367 e. The Balaban J connectivity index is 1.84. The molecule has 1 N–H and O–H groups in total. The highest BCUT2D eigenvalue weighted by Gasteiger charge is 2.34. The number of fused-ring (bicyclic) bond motifs is 1. The quantitative estimate of drug-likeness (QED) is 0.862. The van der Waals surface area contributed by atoms with Crippen LogP contribution in [0.2, 0.25) is 0 Å². The van der Waals surface area contributed by atoms with Crippen molar-refractivity contribution in [3.05, 3.63) is 24.5 Å². The molecule has 1 fully saturated rings. The first kappa shape index (κ1) is 10.6.